The van der Waals surface area contributed by atoms with E-state index in [9.17, 15) is 24.7 Å². The maximum absolute atomic E-state index is 12.9. The number of thiazole rings is 1. The molecule has 5 rings (SSSR count). The number of aliphatic carboxylic acids is 1. The van der Waals surface area contributed by atoms with Crippen LogP contribution in [0.15, 0.2) is 46.3 Å². The van der Waals surface area contributed by atoms with Gasteiger partial charge in [0.15, 0.2) is 40.7 Å². The molecule has 3 aromatic rings. The first-order valence-corrected chi connectivity index (χ1v) is 13.2. The predicted molar refractivity (Wildman–Crippen MR) is 132 cm³/mol. The number of carbonyl (C=O) groups is 3. The minimum absolute atomic E-state index is 0.0508. The number of oxime groups is 1. The lowest BCUT2D eigenvalue weighted by molar-refractivity contribution is -0.688. The summed E-state index contributed by atoms with van der Waals surface area (Å²) in [5.74, 6) is -2.25. The monoisotopic (exact) mass is 559 g/mol. The molecule has 0 bridgehead atoms. The molecule has 37 heavy (non-hydrogen) atoms. The van der Waals surface area contributed by atoms with Crippen LogP contribution >= 0.6 is 34.6 Å². The van der Waals surface area contributed by atoms with E-state index in [1.807, 2.05) is 0 Å². The fourth-order valence-corrected chi connectivity index (χ4v) is 6.27. The van der Waals surface area contributed by atoms with Gasteiger partial charge in [0.05, 0.1) is 17.2 Å². The summed E-state index contributed by atoms with van der Waals surface area (Å²) in [5, 5.41) is 28.1. The van der Waals surface area contributed by atoms with E-state index in [-0.39, 0.29) is 28.8 Å². The number of nitrogen functional groups attached to an aromatic ring is 2. The van der Waals surface area contributed by atoms with Gasteiger partial charge in [0.2, 0.25) is 0 Å². The number of nitrogens with two attached hydrogens (primary N) is 2. The molecular weight excluding hydrogens is 542 g/mol. The number of carboxylic acids is 1. The topological polar surface area (TPSA) is 217 Å². The van der Waals surface area contributed by atoms with E-state index < -0.39 is 34.9 Å². The normalized spacial score (nSPS) is 19.4. The van der Waals surface area contributed by atoms with Gasteiger partial charge in [0, 0.05) is 34.3 Å². The molecular formula is C20H17N9O5S3. The molecule has 14 nitrogen and oxygen atoms in total. The lowest BCUT2D eigenvalue weighted by atomic mass is 10.0. The largest absolute Gasteiger partial charge is 0.543 e. The van der Waals surface area contributed by atoms with Crippen LogP contribution in [0, 0.1) is 0 Å². The summed E-state index contributed by atoms with van der Waals surface area (Å²) in [6, 6.07) is 2.54. The molecule has 2 amide bonds. The van der Waals surface area contributed by atoms with Crippen molar-refractivity contribution in [1.82, 2.24) is 24.6 Å². The molecule has 0 radical (unpaired) electrons. The third-order valence-corrected chi connectivity index (χ3v) is 8.09. The van der Waals surface area contributed by atoms with Crippen molar-refractivity contribution in [3.05, 3.63) is 46.9 Å². The maximum atomic E-state index is 12.9. The molecule has 0 aliphatic carbocycles. The number of anilines is 2. The average molecular weight is 560 g/mol. The van der Waals surface area contributed by atoms with Crippen LogP contribution in [0.3, 0.4) is 0 Å². The molecule has 2 atom stereocenters. The third-order valence-electron chi connectivity index (χ3n) is 5.54. The minimum atomic E-state index is -1.50. The quantitative estimate of drug-likeness (QED) is 0.0849. The van der Waals surface area contributed by atoms with Crippen molar-refractivity contribution in [2.75, 3.05) is 17.2 Å². The Morgan fingerprint density at radius 2 is 2.14 bits per heavy atom. The van der Waals surface area contributed by atoms with E-state index in [0.717, 1.165) is 27.8 Å². The van der Waals surface area contributed by atoms with Crippen LogP contribution in [0.2, 0.25) is 0 Å². The average Bonchev–Trinajstić information content (AvgIpc) is 3.51. The van der Waals surface area contributed by atoms with Crippen molar-refractivity contribution < 1.29 is 29.3 Å². The van der Waals surface area contributed by atoms with Crippen molar-refractivity contribution in [3.63, 3.8) is 0 Å². The van der Waals surface area contributed by atoms with Crippen LogP contribution in [0.4, 0.5) is 10.3 Å². The predicted octanol–water partition coefficient (Wildman–Crippen LogP) is -1.60. The lowest BCUT2D eigenvalue weighted by Crippen LogP contribution is -2.71. The Bertz CT molecular complexity index is 1480. The van der Waals surface area contributed by atoms with Crippen LogP contribution in [-0.4, -0.2) is 65.1 Å². The number of thioether (sulfide) groups is 1. The van der Waals surface area contributed by atoms with Crippen molar-refractivity contribution in [1.29, 1.82) is 0 Å². The van der Waals surface area contributed by atoms with E-state index in [1.165, 1.54) is 17.1 Å². The molecule has 6 N–H and O–H groups in total. The zero-order chi connectivity index (χ0) is 26.3. The highest BCUT2D eigenvalue weighted by molar-refractivity contribution is 8.00. The van der Waals surface area contributed by atoms with Gasteiger partial charge in [-0.1, -0.05) is 5.16 Å². The molecule has 3 aromatic heterocycles. The number of fused-ring (bicyclic) bond motifs is 1. The zero-order valence-corrected chi connectivity index (χ0v) is 21.0. The number of rotatable bonds is 7. The number of nitrogens with zero attached hydrogens (tertiary/aromatic N) is 6. The summed E-state index contributed by atoms with van der Waals surface area (Å²) < 4.78 is 5.93. The van der Waals surface area contributed by atoms with Gasteiger partial charge in [-0.15, -0.1) is 23.1 Å². The molecule has 1 fully saturated rings. The van der Waals surface area contributed by atoms with Crippen molar-refractivity contribution in [2.24, 2.45) is 5.16 Å². The number of hydrogen-bond acceptors (Lipinski definition) is 14. The van der Waals surface area contributed by atoms with Crippen LogP contribution in [0.5, 0.6) is 0 Å². The van der Waals surface area contributed by atoms with Gasteiger partial charge in [-0.3, -0.25) is 14.5 Å². The van der Waals surface area contributed by atoms with Crippen LogP contribution in [0.25, 0.3) is 11.4 Å². The Balaban J connectivity index is 1.34. The number of carbonyl (C=O) groups excluding carboxylic acids is 3. The smallest absolute Gasteiger partial charge is 0.276 e. The van der Waals surface area contributed by atoms with Crippen LogP contribution in [0.1, 0.15) is 5.69 Å². The first-order chi connectivity index (χ1) is 17.8. The zero-order valence-electron chi connectivity index (χ0n) is 18.6. The highest BCUT2D eigenvalue weighted by Gasteiger charge is 2.53. The Hall–Kier alpha value is -4.09. The van der Waals surface area contributed by atoms with Crippen molar-refractivity contribution in [3.8, 4) is 11.4 Å². The van der Waals surface area contributed by atoms with Gasteiger partial charge < -0.3 is 31.9 Å². The maximum Gasteiger partial charge on any atom is 0.276 e. The van der Waals surface area contributed by atoms with E-state index in [4.69, 9.17) is 11.5 Å². The fraction of sp³-hybridized carbons (Fsp3) is 0.200. The molecule has 0 aromatic carbocycles. The standard InChI is InChI=1S/C20H17N9O5S3/c21-19-23-10(7-36-19)11(26-34)15(30)24-12-16(31)29-13(18(32)33)9(6-35-17(12)29)5-28-3-1-2-8(4-28)14-25-20(22)37-27-14/h1-4,7,12,17H,5-6H2,(H6-,21,22,23,24,25,27,30,32,33,34)/t12-,17+/m1/s1. The molecule has 5 heterocycles. The number of hydrogen-bond donors (Lipinski definition) is 4. The number of β-lactam (4-membered cyclic amide) rings is 1. The van der Waals surface area contributed by atoms with Gasteiger partial charge in [-0.05, 0) is 6.07 Å². The third kappa shape index (κ3) is 4.58. The Morgan fingerprint density at radius 1 is 1.32 bits per heavy atom. The van der Waals surface area contributed by atoms with Crippen molar-refractivity contribution >= 4 is 68.4 Å². The molecule has 1 saturated heterocycles. The lowest BCUT2D eigenvalue weighted by Gasteiger charge is -2.50. The molecule has 0 spiro atoms. The first kappa shape index (κ1) is 24.6. The number of carboxylic acid groups (broad SMARTS) is 1. The van der Waals surface area contributed by atoms with E-state index in [0.29, 0.717) is 22.1 Å². The van der Waals surface area contributed by atoms with Crippen molar-refractivity contribution in [2.45, 2.75) is 18.0 Å². The summed E-state index contributed by atoms with van der Waals surface area (Å²) in [4.78, 5) is 46.8. The first-order valence-electron chi connectivity index (χ1n) is 10.5. The van der Waals surface area contributed by atoms with Crippen LogP contribution in [-0.2, 0) is 20.9 Å². The molecule has 2 aliphatic rings. The second kappa shape index (κ2) is 9.75. The highest BCUT2D eigenvalue weighted by Crippen LogP contribution is 2.40. The SMILES string of the molecule is Nc1nc(C(=NO)C(=O)N[C@@H]2C(=O)N3C(C(=O)[O-])=C(C[n+]4cccc(-c5nsc(N)n5)c4)CS[C@@H]23)cs1. The summed E-state index contributed by atoms with van der Waals surface area (Å²) in [6.07, 6.45) is 3.50. The molecule has 0 unspecified atom stereocenters. The van der Waals surface area contributed by atoms with Gasteiger partial charge in [-0.2, -0.15) is 9.36 Å². The van der Waals surface area contributed by atoms with E-state index in [1.54, 1.807) is 29.1 Å². The summed E-state index contributed by atoms with van der Waals surface area (Å²) in [7, 11) is 0. The van der Waals surface area contributed by atoms with E-state index in [2.05, 4.69) is 24.8 Å². The molecule has 190 valence electrons. The summed E-state index contributed by atoms with van der Waals surface area (Å²) >= 11 is 3.41. The van der Waals surface area contributed by atoms with Gasteiger partial charge in [-0.25, -0.2) is 9.55 Å². The summed E-state index contributed by atoms with van der Waals surface area (Å²) in [5.41, 5.74) is 11.8. The Labute approximate surface area is 220 Å². The van der Waals surface area contributed by atoms with Gasteiger partial charge in [0.1, 0.15) is 17.1 Å². The molecule has 2 aliphatic heterocycles. The number of amides is 2. The van der Waals surface area contributed by atoms with Gasteiger partial charge in [0.25, 0.3) is 11.8 Å². The number of nitrogens with one attached hydrogen (secondary N) is 1. The van der Waals surface area contributed by atoms with Crippen LogP contribution < -0.4 is 26.5 Å². The highest BCUT2D eigenvalue weighted by atomic mass is 32.2. The Kier molecular flexibility index (Phi) is 6.48. The summed E-state index contributed by atoms with van der Waals surface area (Å²) in [6.45, 7) is 0.171. The second-order valence-electron chi connectivity index (χ2n) is 7.84. The Morgan fingerprint density at radius 3 is 2.78 bits per heavy atom. The number of pyridine rings is 1. The van der Waals surface area contributed by atoms with E-state index >= 15 is 0 Å². The second-order valence-corrected chi connectivity index (χ2v) is 10.6. The number of aromatic nitrogens is 4. The minimum Gasteiger partial charge on any atom is -0.543 e. The molecule has 17 heteroatoms. The van der Waals surface area contributed by atoms with Gasteiger partial charge >= 0.3 is 0 Å². The molecule has 0 saturated carbocycles. The fourth-order valence-electron chi connectivity index (χ4n) is 3.94.